The Bertz CT molecular complexity index is 886. The van der Waals surface area contributed by atoms with Crippen molar-refractivity contribution in [1.29, 1.82) is 0 Å². The Kier molecular flexibility index (Phi) is 4.44. The third-order valence-corrected chi connectivity index (χ3v) is 3.81. The molecule has 0 bridgehead atoms. The van der Waals surface area contributed by atoms with Crippen LogP contribution in [-0.4, -0.2) is 21.2 Å². The first kappa shape index (κ1) is 16.3. The van der Waals surface area contributed by atoms with Crippen molar-refractivity contribution in [3.8, 4) is 5.75 Å². The normalized spacial score (nSPS) is 12.5. The van der Waals surface area contributed by atoms with Crippen LogP contribution < -0.4 is 4.74 Å². The van der Waals surface area contributed by atoms with Gasteiger partial charge in [-0.2, -0.15) is 0 Å². The fourth-order valence-corrected chi connectivity index (χ4v) is 2.51. The van der Waals surface area contributed by atoms with Crippen LogP contribution in [0.25, 0.3) is 11.0 Å². The minimum absolute atomic E-state index is 0.0284. The third kappa shape index (κ3) is 3.35. The molecule has 3 aromatic rings. The van der Waals surface area contributed by atoms with Gasteiger partial charge in [0.25, 0.3) is 0 Å². The number of benzene rings is 1. The number of aliphatic carboxylic acids is 1. The first-order valence-electron chi connectivity index (χ1n) is 7.32. The summed E-state index contributed by atoms with van der Waals surface area (Å²) in [7, 11) is 0. The molecule has 0 aliphatic carbocycles. The zero-order chi connectivity index (χ0) is 17.3. The highest BCUT2D eigenvalue weighted by atomic mass is 35.5. The first-order chi connectivity index (χ1) is 11.4. The maximum absolute atomic E-state index is 10.7. The van der Waals surface area contributed by atoms with Crippen molar-refractivity contribution in [2.75, 3.05) is 0 Å². The lowest BCUT2D eigenvalue weighted by Gasteiger charge is -2.13. The van der Waals surface area contributed by atoms with Gasteiger partial charge in [0.15, 0.2) is 23.3 Å². The average molecular weight is 351 g/mol. The van der Waals surface area contributed by atoms with E-state index < -0.39 is 5.97 Å². The van der Waals surface area contributed by atoms with Gasteiger partial charge in [0.2, 0.25) is 0 Å². The molecule has 2 heterocycles. The second-order valence-electron chi connectivity index (χ2n) is 5.34. The number of aryl methyl sites for hydroxylation is 2. The second kappa shape index (κ2) is 6.52. The Morgan fingerprint density at radius 3 is 2.92 bits per heavy atom. The van der Waals surface area contributed by atoms with E-state index in [1.165, 1.54) is 0 Å². The Labute approximate surface area is 142 Å². The van der Waals surface area contributed by atoms with E-state index in [2.05, 4.69) is 10.1 Å². The molecule has 0 radical (unpaired) electrons. The number of nitrogens with zero attached hydrogens (tertiary/aromatic N) is 2. The lowest BCUT2D eigenvalue weighted by atomic mass is 10.1. The van der Waals surface area contributed by atoms with Gasteiger partial charge in [-0.3, -0.25) is 4.79 Å². The van der Waals surface area contributed by atoms with Crippen molar-refractivity contribution >= 4 is 28.5 Å². The highest BCUT2D eigenvalue weighted by Crippen LogP contribution is 2.34. The molecule has 1 aromatic carbocycles. The number of carboxylic acids is 1. The number of carboxylic acid groups (broad SMARTS) is 1. The number of ether oxygens (including phenoxy) is 1. The first-order valence-corrected chi connectivity index (χ1v) is 7.70. The van der Waals surface area contributed by atoms with Crippen LogP contribution in [0.5, 0.6) is 5.75 Å². The molecule has 0 aliphatic rings. The summed E-state index contributed by atoms with van der Waals surface area (Å²) in [5, 5.41) is 13.7. The molecule has 1 atom stereocenters. The molecule has 0 aliphatic heterocycles. The molecule has 0 saturated heterocycles. The Morgan fingerprint density at radius 2 is 2.25 bits per heavy atom. The van der Waals surface area contributed by atoms with Gasteiger partial charge in [0.1, 0.15) is 5.75 Å². The maximum Gasteiger partial charge on any atom is 0.303 e. The maximum atomic E-state index is 10.7. The molecule has 0 spiro atoms. The largest absolute Gasteiger partial charge is 0.481 e. The van der Waals surface area contributed by atoms with Gasteiger partial charge in [0, 0.05) is 24.8 Å². The molecular formula is C16H15ClN2O5. The van der Waals surface area contributed by atoms with Crippen molar-refractivity contribution in [1.82, 2.24) is 10.1 Å². The van der Waals surface area contributed by atoms with E-state index in [9.17, 15) is 4.79 Å². The van der Waals surface area contributed by atoms with E-state index in [-0.39, 0.29) is 18.9 Å². The number of hydrogen-bond acceptors (Lipinski definition) is 6. The van der Waals surface area contributed by atoms with Gasteiger partial charge < -0.3 is 18.8 Å². The Hall–Kier alpha value is -2.54. The molecule has 0 unspecified atom stereocenters. The van der Waals surface area contributed by atoms with Gasteiger partial charge in [-0.25, -0.2) is 4.98 Å². The highest BCUT2D eigenvalue weighted by Gasteiger charge is 2.17. The molecular weight excluding hydrogens is 336 g/mol. The Balaban J connectivity index is 1.84. The highest BCUT2D eigenvalue weighted by molar-refractivity contribution is 6.32. The summed E-state index contributed by atoms with van der Waals surface area (Å²) < 4.78 is 16.5. The summed E-state index contributed by atoms with van der Waals surface area (Å²) >= 11 is 6.27. The summed E-state index contributed by atoms with van der Waals surface area (Å²) in [5.41, 5.74) is 1.04. The molecule has 3 rings (SSSR count). The summed E-state index contributed by atoms with van der Waals surface area (Å²) in [4.78, 5) is 14.7. The fourth-order valence-electron chi connectivity index (χ4n) is 2.30. The number of rotatable bonds is 6. The fraction of sp³-hybridized carbons (Fsp3) is 0.312. The zero-order valence-electron chi connectivity index (χ0n) is 13.1. The molecule has 1 N–H and O–H groups in total. The molecule has 0 fully saturated rings. The lowest BCUT2D eigenvalue weighted by Crippen LogP contribution is -2.02. The predicted molar refractivity (Wildman–Crippen MR) is 85.3 cm³/mol. The number of aromatic nitrogens is 2. The quantitative estimate of drug-likeness (QED) is 0.718. The van der Waals surface area contributed by atoms with Crippen molar-refractivity contribution in [2.24, 2.45) is 0 Å². The molecule has 126 valence electrons. The van der Waals surface area contributed by atoms with Crippen molar-refractivity contribution < 1.29 is 23.6 Å². The van der Waals surface area contributed by atoms with E-state index in [4.69, 9.17) is 30.4 Å². The van der Waals surface area contributed by atoms with Crippen molar-refractivity contribution in [3.05, 3.63) is 40.7 Å². The monoisotopic (exact) mass is 350 g/mol. The lowest BCUT2D eigenvalue weighted by molar-refractivity contribution is -0.136. The molecule has 0 amide bonds. The standard InChI is InChI=1S/C16H15ClN2O5/c1-8(15-7-18-9(2)23-15)22-14-6-13-10(5-11(14)17)12(19-24-13)3-4-16(20)21/h5-8H,3-4H2,1-2H3,(H,20,21)/t8-/m1/s1. The van der Waals surface area contributed by atoms with Crippen LogP contribution in [0.3, 0.4) is 0 Å². The minimum Gasteiger partial charge on any atom is -0.481 e. The smallest absolute Gasteiger partial charge is 0.303 e. The second-order valence-corrected chi connectivity index (χ2v) is 5.75. The zero-order valence-corrected chi connectivity index (χ0v) is 13.8. The van der Waals surface area contributed by atoms with E-state index in [1.54, 1.807) is 25.3 Å². The molecule has 2 aromatic heterocycles. The van der Waals surface area contributed by atoms with E-state index >= 15 is 0 Å². The molecule has 24 heavy (non-hydrogen) atoms. The topological polar surface area (TPSA) is 98.6 Å². The van der Waals surface area contributed by atoms with Gasteiger partial charge in [-0.15, -0.1) is 0 Å². The summed E-state index contributed by atoms with van der Waals surface area (Å²) in [5.74, 6) is 0.670. The van der Waals surface area contributed by atoms with Crippen LogP contribution in [0.15, 0.2) is 27.3 Å². The van der Waals surface area contributed by atoms with Crippen LogP contribution >= 0.6 is 11.6 Å². The SMILES string of the molecule is Cc1ncc([C@@H](C)Oc2cc3onc(CCC(=O)O)c3cc2Cl)o1. The summed E-state index contributed by atoms with van der Waals surface area (Å²) in [6, 6.07) is 3.30. The van der Waals surface area contributed by atoms with Gasteiger partial charge in [-0.1, -0.05) is 16.8 Å². The molecule has 8 heteroatoms. The van der Waals surface area contributed by atoms with Crippen LogP contribution in [-0.2, 0) is 11.2 Å². The number of halogens is 1. The number of carbonyl (C=O) groups is 1. The van der Waals surface area contributed by atoms with Gasteiger partial charge >= 0.3 is 5.97 Å². The van der Waals surface area contributed by atoms with Crippen LogP contribution in [0, 0.1) is 6.92 Å². The van der Waals surface area contributed by atoms with E-state index in [0.29, 0.717) is 39.1 Å². The summed E-state index contributed by atoms with van der Waals surface area (Å²) in [6.07, 6.45) is 1.47. The predicted octanol–water partition coefficient (Wildman–Crippen LogP) is 3.93. The van der Waals surface area contributed by atoms with Crippen LogP contribution in [0.2, 0.25) is 5.02 Å². The van der Waals surface area contributed by atoms with Gasteiger partial charge in [0.05, 0.1) is 23.3 Å². The van der Waals surface area contributed by atoms with Crippen molar-refractivity contribution in [3.63, 3.8) is 0 Å². The molecule has 0 saturated carbocycles. The minimum atomic E-state index is -0.895. The van der Waals surface area contributed by atoms with Crippen molar-refractivity contribution in [2.45, 2.75) is 32.8 Å². The number of oxazole rings is 1. The van der Waals surface area contributed by atoms with Crippen LogP contribution in [0.4, 0.5) is 0 Å². The third-order valence-electron chi connectivity index (χ3n) is 3.52. The molecule has 7 nitrogen and oxygen atoms in total. The average Bonchev–Trinajstić information content (AvgIpc) is 3.12. The Morgan fingerprint density at radius 1 is 1.46 bits per heavy atom. The summed E-state index contributed by atoms with van der Waals surface area (Å²) in [6.45, 7) is 3.57. The van der Waals surface area contributed by atoms with Crippen LogP contribution in [0.1, 0.15) is 36.8 Å². The van der Waals surface area contributed by atoms with E-state index in [0.717, 1.165) is 0 Å². The number of fused-ring (bicyclic) bond motifs is 1. The van der Waals surface area contributed by atoms with Gasteiger partial charge in [-0.05, 0) is 13.0 Å². The number of hydrogen-bond donors (Lipinski definition) is 1. The van der Waals surface area contributed by atoms with E-state index in [1.807, 2.05) is 6.92 Å².